The van der Waals surface area contributed by atoms with Crippen LogP contribution in [0.4, 0.5) is 11.4 Å². The maximum Gasteiger partial charge on any atom is 0.120 e. The van der Waals surface area contributed by atoms with E-state index in [0.29, 0.717) is 0 Å². The zero-order valence-corrected chi connectivity index (χ0v) is 12.9. The van der Waals surface area contributed by atoms with Gasteiger partial charge >= 0.3 is 0 Å². The van der Waals surface area contributed by atoms with Gasteiger partial charge in [-0.2, -0.15) is 5.10 Å². The largest absolute Gasteiger partial charge is 0.497 e. The Hall–Kier alpha value is -3.08. The number of benzene rings is 2. The molecule has 0 aliphatic heterocycles. The Labute approximate surface area is 133 Å². The molecule has 5 heteroatoms. The lowest BCUT2D eigenvalue weighted by atomic mass is 10.1. The van der Waals surface area contributed by atoms with Gasteiger partial charge in [0.15, 0.2) is 0 Å². The Balaban J connectivity index is 1.92. The second kappa shape index (κ2) is 5.28. The summed E-state index contributed by atoms with van der Waals surface area (Å²) in [5.41, 5.74) is 4.85. The molecule has 2 N–H and O–H groups in total. The van der Waals surface area contributed by atoms with E-state index in [-0.39, 0.29) is 0 Å². The van der Waals surface area contributed by atoms with Crippen LogP contribution in [0, 0.1) is 6.92 Å². The SMILES string of the molecule is COc1cccc(Nc2cc(C)nc3ccc4cn[nH]c4c23)c1. The second-order valence-corrected chi connectivity index (χ2v) is 5.46. The van der Waals surface area contributed by atoms with Gasteiger partial charge in [0.05, 0.1) is 30.0 Å². The van der Waals surface area contributed by atoms with Crippen LogP contribution in [0.3, 0.4) is 0 Å². The van der Waals surface area contributed by atoms with E-state index in [1.165, 1.54) is 0 Å². The van der Waals surface area contributed by atoms with Gasteiger partial charge in [-0.1, -0.05) is 6.07 Å². The van der Waals surface area contributed by atoms with Gasteiger partial charge in [0.1, 0.15) is 5.75 Å². The molecule has 0 saturated carbocycles. The number of aromatic amines is 1. The van der Waals surface area contributed by atoms with E-state index in [4.69, 9.17) is 4.74 Å². The number of aromatic nitrogens is 3. The smallest absolute Gasteiger partial charge is 0.120 e. The third kappa shape index (κ3) is 2.36. The highest BCUT2D eigenvalue weighted by Gasteiger charge is 2.10. The Morgan fingerprint density at radius 2 is 2.04 bits per heavy atom. The van der Waals surface area contributed by atoms with Gasteiger partial charge in [-0.05, 0) is 37.3 Å². The Kier molecular flexibility index (Phi) is 3.12. The first-order valence-electron chi connectivity index (χ1n) is 7.39. The van der Waals surface area contributed by atoms with Crippen molar-refractivity contribution < 1.29 is 4.74 Å². The lowest BCUT2D eigenvalue weighted by Crippen LogP contribution is -1.96. The molecule has 4 rings (SSSR count). The Bertz CT molecular complexity index is 1010. The van der Waals surface area contributed by atoms with Crippen LogP contribution in [0.25, 0.3) is 21.8 Å². The number of methoxy groups -OCH3 is 1. The predicted molar refractivity (Wildman–Crippen MR) is 92.4 cm³/mol. The van der Waals surface area contributed by atoms with E-state index in [1.807, 2.05) is 55.6 Å². The van der Waals surface area contributed by atoms with E-state index < -0.39 is 0 Å². The molecule has 5 nitrogen and oxygen atoms in total. The molecule has 0 radical (unpaired) electrons. The first-order chi connectivity index (χ1) is 11.2. The van der Waals surface area contributed by atoms with Crippen molar-refractivity contribution in [2.75, 3.05) is 12.4 Å². The zero-order chi connectivity index (χ0) is 15.8. The van der Waals surface area contributed by atoms with Gasteiger partial charge in [-0.25, -0.2) is 0 Å². The van der Waals surface area contributed by atoms with Crippen LogP contribution in [0.1, 0.15) is 5.69 Å². The highest BCUT2D eigenvalue weighted by atomic mass is 16.5. The third-order valence-corrected chi connectivity index (χ3v) is 3.86. The maximum absolute atomic E-state index is 5.29. The molecule has 2 aromatic carbocycles. The molecule has 4 aromatic rings. The number of hydrogen-bond donors (Lipinski definition) is 2. The molecule has 0 bridgehead atoms. The number of rotatable bonds is 3. The average molecular weight is 304 g/mol. The Morgan fingerprint density at radius 1 is 1.13 bits per heavy atom. The van der Waals surface area contributed by atoms with E-state index >= 15 is 0 Å². The number of fused-ring (bicyclic) bond motifs is 3. The van der Waals surface area contributed by atoms with Crippen molar-refractivity contribution >= 4 is 33.2 Å². The summed E-state index contributed by atoms with van der Waals surface area (Å²) < 4.78 is 5.29. The number of H-pyrrole nitrogens is 1. The topological polar surface area (TPSA) is 62.8 Å². The number of nitrogens with zero attached hydrogens (tertiary/aromatic N) is 2. The summed E-state index contributed by atoms with van der Waals surface area (Å²) in [6, 6.07) is 14.0. The molecule has 0 aliphatic carbocycles. The minimum absolute atomic E-state index is 0.816. The van der Waals surface area contributed by atoms with E-state index in [1.54, 1.807) is 7.11 Å². The second-order valence-electron chi connectivity index (χ2n) is 5.46. The van der Waals surface area contributed by atoms with Crippen LogP contribution >= 0.6 is 0 Å². The van der Waals surface area contributed by atoms with Crippen LogP contribution in [0.5, 0.6) is 5.75 Å². The molecule has 0 spiro atoms. The van der Waals surface area contributed by atoms with Crippen LogP contribution in [-0.4, -0.2) is 22.3 Å². The molecule has 114 valence electrons. The number of aryl methyl sites for hydroxylation is 1. The molecule has 2 aromatic heterocycles. The molecule has 0 saturated heterocycles. The summed E-state index contributed by atoms with van der Waals surface area (Å²) in [7, 11) is 1.67. The summed E-state index contributed by atoms with van der Waals surface area (Å²) in [6.07, 6.45) is 1.82. The molecule has 0 atom stereocenters. The lowest BCUT2D eigenvalue weighted by molar-refractivity contribution is 0.415. The van der Waals surface area contributed by atoms with Gasteiger partial charge < -0.3 is 10.1 Å². The summed E-state index contributed by atoms with van der Waals surface area (Å²) in [4.78, 5) is 4.63. The van der Waals surface area contributed by atoms with Crippen LogP contribution in [-0.2, 0) is 0 Å². The number of anilines is 2. The quantitative estimate of drug-likeness (QED) is 0.596. The molecule has 2 heterocycles. The monoisotopic (exact) mass is 304 g/mol. The first-order valence-corrected chi connectivity index (χ1v) is 7.39. The van der Waals surface area contributed by atoms with Crippen molar-refractivity contribution in [3.05, 3.63) is 54.4 Å². The molecular weight excluding hydrogens is 288 g/mol. The van der Waals surface area contributed by atoms with Crippen LogP contribution in [0.15, 0.2) is 48.7 Å². The summed E-state index contributed by atoms with van der Waals surface area (Å²) in [5.74, 6) is 0.816. The van der Waals surface area contributed by atoms with E-state index in [0.717, 1.165) is 44.6 Å². The third-order valence-electron chi connectivity index (χ3n) is 3.86. The highest BCUT2D eigenvalue weighted by molar-refractivity contribution is 6.10. The molecule has 23 heavy (non-hydrogen) atoms. The van der Waals surface area contributed by atoms with Gasteiger partial charge in [-0.15, -0.1) is 0 Å². The average Bonchev–Trinajstić information content (AvgIpc) is 3.03. The number of ether oxygens (including phenoxy) is 1. The number of nitrogens with one attached hydrogen (secondary N) is 2. The summed E-state index contributed by atoms with van der Waals surface area (Å²) >= 11 is 0. The fourth-order valence-corrected chi connectivity index (χ4v) is 2.83. The molecular formula is C18H16N4O. The zero-order valence-electron chi connectivity index (χ0n) is 12.9. The van der Waals surface area contributed by atoms with Gasteiger partial charge in [0, 0.05) is 28.2 Å². The Morgan fingerprint density at radius 3 is 2.91 bits per heavy atom. The number of pyridine rings is 1. The van der Waals surface area contributed by atoms with Crippen molar-refractivity contribution in [3.63, 3.8) is 0 Å². The van der Waals surface area contributed by atoms with Gasteiger partial charge in [-0.3, -0.25) is 10.1 Å². The van der Waals surface area contributed by atoms with Gasteiger partial charge in [0.25, 0.3) is 0 Å². The van der Waals surface area contributed by atoms with Crippen molar-refractivity contribution in [1.82, 2.24) is 15.2 Å². The van der Waals surface area contributed by atoms with Crippen molar-refractivity contribution in [3.8, 4) is 5.75 Å². The minimum atomic E-state index is 0.816. The predicted octanol–water partition coefficient (Wildman–Crippen LogP) is 4.17. The number of hydrogen-bond acceptors (Lipinski definition) is 4. The molecule has 0 unspecified atom stereocenters. The van der Waals surface area contributed by atoms with Crippen molar-refractivity contribution in [1.29, 1.82) is 0 Å². The van der Waals surface area contributed by atoms with Crippen molar-refractivity contribution in [2.24, 2.45) is 0 Å². The van der Waals surface area contributed by atoms with E-state index in [2.05, 4.69) is 20.5 Å². The fourth-order valence-electron chi connectivity index (χ4n) is 2.83. The fraction of sp³-hybridized carbons (Fsp3) is 0.111. The molecule has 0 aliphatic rings. The van der Waals surface area contributed by atoms with Crippen LogP contribution in [0.2, 0.25) is 0 Å². The normalized spacial score (nSPS) is 11.0. The first kappa shape index (κ1) is 13.6. The van der Waals surface area contributed by atoms with Crippen LogP contribution < -0.4 is 10.1 Å². The van der Waals surface area contributed by atoms with Gasteiger partial charge in [0.2, 0.25) is 0 Å². The maximum atomic E-state index is 5.29. The lowest BCUT2D eigenvalue weighted by Gasteiger charge is -2.12. The van der Waals surface area contributed by atoms with Crippen molar-refractivity contribution in [2.45, 2.75) is 6.92 Å². The minimum Gasteiger partial charge on any atom is -0.497 e. The van der Waals surface area contributed by atoms with E-state index in [9.17, 15) is 0 Å². The summed E-state index contributed by atoms with van der Waals surface area (Å²) in [6.45, 7) is 1.99. The molecule has 0 fully saturated rings. The highest BCUT2D eigenvalue weighted by Crippen LogP contribution is 2.32. The molecule has 0 amide bonds. The standard InChI is InChI=1S/C18H16N4O/c1-11-8-16(21-13-4-3-5-14(9-13)23-2)17-15(20-11)7-6-12-10-19-22-18(12)17/h3-10H,1-2H3,(H,19,22)(H,20,21). The summed E-state index contributed by atoms with van der Waals surface area (Å²) in [5, 5.41) is 12.8.